The fourth-order valence-corrected chi connectivity index (χ4v) is 5.09. The maximum Gasteiger partial charge on any atom is 0.304 e. The van der Waals surface area contributed by atoms with Gasteiger partial charge in [0.15, 0.2) is 0 Å². The van der Waals surface area contributed by atoms with E-state index in [0.29, 0.717) is 0 Å². The summed E-state index contributed by atoms with van der Waals surface area (Å²) in [6.07, 6.45) is 7.98. The molecule has 3 aromatic heterocycles. The SMILES string of the molecule is CN(C)c1ccc([C@H](CC(=O)O)c2nc(CCCCc3ccc4c(n3)NCCC4)cs2)cn1. The van der Waals surface area contributed by atoms with E-state index in [1.807, 2.05) is 31.1 Å². The zero-order valence-corrected chi connectivity index (χ0v) is 20.1. The molecule has 0 amide bonds. The van der Waals surface area contributed by atoms with Crippen LogP contribution < -0.4 is 10.2 Å². The van der Waals surface area contributed by atoms with Gasteiger partial charge in [0.1, 0.15) is 16.6 Å². The highest BCUT2D eigenvalue weighted by atomic mass is 32.1. The molecule has 174 valence electrons. The van der Waals surface area contributed by atoms with Crippen molar-refractivity contribution < 1.29 is 9.90 Å². The molecule has 0 radical (unpaired) electrons. The Hall–Kier alpha value is -3.00. The van der Waals surface area contributed by atoms with Crippen molar-refractivity contribution in [3.05, 3.63) is 63.4 Å². The van der Waals surface area contributed by atoms with Gasteiger partial charge in [-0.3, -0.25) is 4.79 Å². The number of pyridine rings is 2. The van der Waals surface area contributed by atoms with Crippen molar-refractivity contribution in [1.29, 1.82) is 0 Å². The van der Waals surface area contributed by atoms with Crippen LogP contribution in [0.4, 0.5) is 11.6 Å². The summed E-state index contributed by atoms with van der Waals surface area (Å²) in [4.78, 5) is 27.5. The number of nitrogens with zero attached hydrogens (tertiary/aromatic N) is 4. The topological polar surface area (TPSA) is 91.2 Å². The molecule has 0 unspecified atom stereocenters. The third-order valence-corrected chi connectivity index (χ3v) is 6.95. The summed E-state index contributed by atoms with van der Waals surface area (Å²) in [6, 6.07) is 8.23. The monoisotopic (exact) mass is 465 g/mol. The predicted molar refractivity (Wildman–Crippen MR) is 132 cm³/mol. The zero-order chi connectivity index (χ0) is 23.2. The van der Waals surface area contributed by atoms with Gasteiger partial charge in [-0.15, -0.1) is 11.3 Å². The Labute approximate surface area is 198 Å². The van der Waals surface area contributed by atoms with E-state index in [1.54, 1.807) is 17.5 Å². The minimum atomic E-state index is -0.833. The second-order valence-corrected chi connectivity index (χ2v) is 9.61. The quantitative estimate of drug-likeness (QED) is 0.425. The molecule has 2 N–H and O–H groups in total. The maximum atomic E-state index is 11.5. The number of thiazole rings is 1. The number of hydrogen-bond acceptors (Lipinski definition) is 7. The molecule has 33 heavy (non-hydrogen) atoms. The second-order valence-electron chi connectivity index (χ2n) is 8.72. The number of aryl methyl sites for hydroxylation is 3. The molecule has 0 saturated heterocycles. The first-order valence-electron chi connectivity index (χ1n) is 11.5. The highest BCUT2D eigenvalue weighted by Crippen LogP contribution is 2.31. The predicted octanol–water partition coefficient (Wildman–Crippen LogP) is 4.53. The Balaban J connectivity index is 1.34. The number of hydrogen-bond donors (Lipinski definition) is 2. The molecule has 1 aliphatic heterocycles. The van der Waals surface area contributed by atoms with Gasteiger partial charge in [0.25, 0.3) is 0 Å². The van der Waals surface area contributed by atoms with Gasteiger partial charge in [0.2, 0.25) is 0 Å². The van der Waals surface area contributed by atoms with Crippen molar-refractivity contribution in [2.45, 2.75) is 50.9 Å². The molecule has 1 atom stereocenters. The average Bonchev–Trinajstić information content (AvgIpc) is 3.29. The van der Waals surface area contributed by atoms with Gasteiger partial charge in [0, 0.05) is 43.8 Å². The molecule has 3 aromatic rings. The van der Waals surface area contributed by atoms with Gasteiger partial charge < -0.3 is 15.3 Å². The summed E-state index contributed by atoms with van der Waals surface area (Å²) < 4.78 is 0. The van der Waals surface area contributed by atoms with Gasteiger partial charge in [0.05, 0.1) is 12.1 Å². The van der Waals surface area contributed by atoms with Crippen molar-refractivity contribution in [2.24, 2.45) is 0 Å². The van der Waals surface area contributed by atoms with E-state index < -0.39 is 5.97 Å². The number of aliphatic carboxylic acids is 1. The molecule has 0 aromatic carbocycles. The second kappa shape index (κ2) is 10.7. The van der Waals surface area contributed by atoms with Crippen LogP contribution in [-0.2, 0) is 24.1 Å². The molecular formula is C25H31N5O2S. The van der Waals surface area contributed by atoms with Crippen LogP contribution in [0.3, 0.4) is 0 Å². The Bertz CT molecular complexity index is 1080. The number of anilines is 2. The van der Waals surface area contributed by atoms with Crippen molar-refractivity contribution in [2.75, 3.05) is 30.9 Å². The molecule has 0 fully saturated rings. The number of unbranched alkanes of at least 4 members (excludes halogenated alkanes) is 1. The van der Waals surface area contributed by atoms with E-state index in [0.717, 1.165) is 72.2 Å². The standard InChI is InChI=1S/C25H31N5O2S/c1-30(2)22-12-10-18(15-27-22)21(14-23(31)32)25-29-20(16-33-25)8-4-3-7-19-11-9-17-6-5-13-26-24(17)28-19/h9-12,15-16,21H,3-8,13-14H2,1-2H3,(H,26,28)(H,31,32)/t21-/m0/s1. The number of carboxylic acids is 1. The lowest BCUT2D eigenvalue weighted by Gasteiger charge is -2.17. The number of fused-ring (bicyclic) bond motifs is 1. The number of carbonyl (C=O) groups is 1. The van der Waals surface area contributed by atoms with E-state index >= 15 is 0 Å². The molecule has 8 heteroatoms. The number of carboxylic acid groups (broad SMARTS) is 1. The summed E-state index contributed by atoms with van der Waals surface area (Å²) in [7, 11) is 3.87. The minimum Gasteiger partial charge on any atom is -0.481 e. The van der Waals surface area contributed by atoms with Crippen LogP contribution in [0.15, 0.2) is 35.8 Å². The van der Waals surface area contributed by atoms with Gasteiger partial charge >= 0.3 is 5.97 Å². The molecule has 0 saturated carbocycles. The van der Waals surface area contributed by atoms with E-state index in [1.165, 1.54) is 12.0 Å². The van der Waals surface area contributed by atoms with Gasteiger partial charge in [-0.1, -0.05) is 12.1 Å². The number of rotatable bonds is 10. The van der Waals surface area contributed by atoms with Crippen molar-refractivity contribution in [1.82, 2.24) is 15.0 Å². The Morgan fingerprint density at radius 1 is 1.15 bits per heavy atom. The lowest BCUT2D eigenvalue weighted by Crippen LogP contribution is -2.14. The molecule has 0 aliphatic carbocycles. The summed E-state index contributed by atoms with van der Waals surface area (Å²) in [5.74, 6) is 0.787. The molecule has 7 nitrogen and oxygen atoms in total. The van der Waals surface area contributed by atoms with Crippen LogP contribution in [0.25, 0.3) is 0 Å². The molecule has 0 bridgehead atoms. The van der Waals surface area contributed by atoms with Crippen LogP contribution in [0.2, 0.25) is 0 Å². The fraction of sp³-hybridized carbons (Fsp3) is 0.440. The zero-order valence-electron chi connectivity index (χ0n) is 19.3. The summed E-state index contributed by atoms with van der Waals surface area (Å²) >= 11 is 1.54. The third-order valence-electron chi connectivity index (χ3n) is 5.95. The normalized spacial score (nSPS) is 13.8. The largest absolute Gasteiger partial charge is 0.481 e. The molecule has 4 rings (SSSR count). The summed E-state index contributed by atoms with van der Waals surface area (Å²) in [5.41, 5.74) is 4.37. The maximum absolute atomic E-state index is 11.5. The van der Waals surface area contributed by atoms with E-state index in [9.17, 15) is 9.90 Å². The van der Waals surface area contributed by atoms with Gasteiger partial charge in [-0.05, 0) is 61.8 Å². The highest BCUT2D eigenvalue weighted by Gasteiger charge is 2.22. The van der Waals surface area contributed by atoms with E-state index in [-0.39, 0.29) is 12.3 Å². The van der Waals surface area contributed by atoms with E-state index in [2.05, 4.69) is 27.8 Å². The van der Waals surface area contributed by atoms with E-state index in [4.69, 9.17) is 9.97 Å². The summed E-state index contributed by atoms with van der Waals surface area (Å²) in [6.45, 7) is 1.01. The molecule has 0 spiro atoms. The first-order valence-corrected chi connectivity index (χ1v) is 12.4. The Morgan fingerprint density at radius 2 is 1.97 bits per heavy atom. The van der Waals surface area contributed by atoms with Crippen LogP contribution >= 0.6 is 11.3 Å². The van der Waals surface area contributed by atoms with Crippen molar-refractivity contribution >= 4 is 28.9 Å². The third kappa shape index (κ3) is 6.07. The molecular weight excluding hydrogens is 434 g/mol. The average molecular weight is 466 g/mol. The smallest absolute Gasteiger partial charge is 0.304 e. The number of nitrogens with one attached hydrogen (secondary N) is 1. The molecule has 1 aliphatic rings. The highest BCUT2D eigenvalue weighted by molar-refractivity contribution is 7.09. The van der Waals surface area contributed by atoms with Crippen LogP contribution in [0.1, 0.15) is 59.1 Å². The summed E-state index contributed by atoms with van der Waals surface area (Å²) in [5, 5.41) is 15.8. The molecule has 4 heterocycles. The van der Waals surface area contributed by atoms with Crippen molar-refractivity contribution in [3.63, 3.8) is 0 Å². The first kappa shape index (κ1) is 23.2. The van der Waals surface area contributed by atoms with Crippen LogP contribution in [-0.4, -0.2) is 46.7 Å². The Morgan fingerprint density at radius 3 is 2.70 bits per heavy atom. The lowest BCUT2D eigenvalue weighted by molar-refractivity contribution is -0.137. The Kier molecular flexibility index (Phi) is 7.54. The number of aromatic nitrogens is 3. The van der Waals surface area contributed by atoms with Gasteiger partial charge in [-0.25, -0.2) is 15.0 Å². The lowest BCUT2D eigenvalue weighted by atomic mass is 9.98. The first-order chi connectivity index (χ1) is 16.0. The van der Waals surface area contributed by atoms with Crippen LogP contribution in [0, 0.1) is 0 Å². The minimum absolute atomic E-state index is 0.00791. The van der Waals surface area contributed by atoms with Crippen LogP contribution in [0.5, 0.6) is 0 Å². The van der Waals surface area contributed by atoms with Gasteiger partial charge in [-0.2, -0.15) is 0 Å². The fourth-order valence-electron chi connectivity index (χ4n) is 4.11. The van der Waals surface area contributed by atoms with Crippen molar-refractivity contribution in [3.8, 4) is 0 Å².